The van der Waals surface area contributed by atoms with Gasteiger partial charge in [-0.15, -0.1) is 0 Å². The number of ether oxygens (including phenoxy) is 2. The lowest BCUT2D eigenvalue weighted by Gasteiger charge is -2.18. The van der Waals surface area contributed by atoms with Gasteiger partial charge in [-0.3, -0.25) is 15.3 Å². The Morgan fingerprint density at radius 1 is 1.25 bits per heavy atom. The van der Waals surface area contributed by atoms with Crippen LogP contribution in [0.25, 0.3) is 5.76 Å². The topological polar surface area (TPSA) is 85.4 Å². The van der Waals surface area contributed by atoms with E-state index in [-0.39, 0.29) is 0 Å². The molecule has 0 aliphatic carbocycles. The molecule has 2 N–H and O–H groups in total. The maximum atomic E-state index is 12.5. The zero-order chi connectivity index (χ0) is 20.7. The maximum absolute atomic E-state index is 12.5. The fraction of sp³-hybridized carbons (Fsp3) is 0.286. The molecule has 0 fully saturated rings. The van der Waals surface area contributed by atoms with Crippen molar-refractivity contribution >= 4 is 17.5 Å². The summed E-state index contributed by atoms with van der Waals surface area (Å²) in [5, 5.41) is 5.74. The number of alkyl carbamates (subject to hydrolysis) is 1. The quantitative estimate of drug-likeness (QED) is 0.551. The van der Waals surface area contributed by atoms with Gasteiger partial charge in [0.25, 0.3) is 0 Å². The van der Waals surface area contributed by atoms with Crippen molar-refractivity contribution in [3.05, 3.63) is 71.5 Å². The van der Waals surface area contributed by atoms with Crippen molar-refractivity contribution in [3.63, 3.8) is 0 Å². The number of amides is 1. The molecule has 1 atom stereocenters. The molecule has 0 unspecified atom stereocenters. The Morgan fingerprint density at radius 2 is 2.00 bits per heavy atom. The van der Waals surface area contributed by atoms with Gasteiger partial charge in [-0.2, -0.15) is 0 Å². The van der Waals surface area contributed by atoms with Crippen LogP contribution in [0.2, 0.25) is 0 Å². The average molecular weight is 382 g/mol. The van der Waals surface area contributed by atoms with Crippen LogP contribution in [0.5, 0.6) is 0 Å². The number of pyridine rings is 2. The molecule has 0 bridgehead atoms. The van der Waals surface area contributed by atoms with Crippen LogP contribution in [0.1, 0.15) is 36.9 Å². The molecular weight excluding hydrogens is 356 g/mol. The van der Waals surface area contributed by atoms with Crippen molar-refractivity contribution in [2.45, 2.75) is 26.9 Å². The second kappa shape index (κ2) is 9.55. The third-order valence-corrected chi connectivity index (χ3v) is 4.14. The first kappa shape index (κ1) is 21.0. The van der Waals surface area contributed by atoms with Crippen LogP contribution in [0.3, 0.4) is 0 Å². The van der Waals surface area contributed by atoms with Gasteiger partial charge in [0.05, 0.1) is 24.7 Å². The number of hydrogen-bond acceptors (Lipinski definition) is 6. The van der Waals surface area contributed by atoms with E-state index in [1.54, 1.807) is 32.3 Å². The summed E-state index contributed by atoms with van der Waals surface area (Å²) < 4.78 is 11.0. The van der Waals surface area contributed by atoms with E-state index < -0.39 is 12.2 Å². The van der Waals surface area contributed by atoms with Gasteiger partial charge in [0.15, 0.2) is 5.76 Å². The largest absolute Gasteiger partial charge is 0.492 e. The molecule has 0 saturated carbocycles. The van der Waals surface area contributed by atoms with Crippen LogP contribution < -0.4 is 10.6 Å². The fourth-order valence-electron chi connectivity index (χ4n) is 2.65. The monoisotopic (exact) mass is 382 g/mol. The normalized spacial score (nSPS) is 12.5. The molecule has 2 aromatic heterocycles. The number of nitrogens with zero attached hydrogens (tertiary/aromatic N) is 2. The van der Waals surface area contributed by atoms with E-state index in [0.29, 0.717) is 22.7 Å². The van der Waals surface area contributed by atoms with E-state index in [9.17, 15) is 4.79 Å². The predicted octanol–water partition coefficient (Wildman–Crippen LogP) is 4.21. The fourth-order valence-corrected chi connectivity index (χ4v) is 2.65. The zero-order valence-corrected chi connectivity index (χ0v) is 16.9. The lowest BCUT2D eigenvalue weighted by molar-refractivity contribution is 0.109. The predicted molar refractivity (Wildman–Crippen MR) is 110 cm³/mol. The summed E-state index contributed by atoms with van der Waals surface area (Å²) in [6.07, 6.45) is 2.30. The Morgan fingerprint density at radius 3 is 2.54 bits per heavy atom. The number of nitrogens with one attached hydrogen (secondary N) is 2. The Bertz CT molecular complexity index is 875. The molecule has 0 saturated heterocycles. The van der Waals surface area contributed by atoms with Crippen molar-refractivity contribution < 1.29 is 14.3 Å². The van der Waals surface area contributed by atoms with E-state index in [1.807, 2.05) is 32.2 Å². The maximum Gasteiger partial charge on any atom is 0.412 e. The molecule has 7 nitrogen and oxygen atoms in total. The highest BCUT2D eigenvalue weighted by atomic mass is 16.6. The van der Waals surface area contributed by atoms with Gasteiger partial charge in [-0.05, 0) is 44.5 Å². The molecule has 0 aromatic carbocycles. The first-order valence-corrected chi connectivity index (χ1v) is 8.84. The Balaban J connectivity index is 2.24. The van der Waals surface area contributed by atoms with Crippen LogP contribution in [0.4, 0.5) is 10.5 Å². The Kier molecular flexibility index (Phi) is 7.14. The van der Waals surface area contributed by atoms with Crippen molar-refractivity contribution in [1.82, 2.24) is 15.3 Å². The van der Waals surface area contributed by atoms with Gasteiger partial charge >= 0.3 is 6.09 Å². The molecule has 0 aliphatic heterocycles. The zero-order valence-electron chi connectivity index (χ0n) is 16.9. The summed E-state index contributed by atoms with van der Waals surface area (Å²) >= 11 is 0. The standard InChI is InChI=1S/C21H26N4O3/c1-13(2)19(20(27-6)18-10-9-16(22-5)12-24-18)25-21(26)28-15(4)17-8-7-11-23-14(17)3/h7-12,15,22H,1H2,2-6H3,(H,25,26)/b20-19+/t15-/m1/s1. The van der Waals surface area contributed by atoms with Crippen LogP contribution in [-0.2, 0) is 9.47 Å². The van der Waals surface area contributed by atoms with Gasteiger partial charge in [0, 0.05) is 24.5 Å². The summed E-state index contributed by atoms with van der Waals surface area (Å²) in [5.41, 5.74) is 4.10. The van der Waals surface area contributed by atoms with Gasteiger partial charge in [0.1, 0.15) is 11.8 Å². The number of allylic oxidation sites excluding steroid dienone is 1. The number of aromatic nitrogens is 2. The number of aryl methyl sites for hydroxylation is 1. The number of anilines is 1. The van der Waals surface area contributed by atoms with Gasteiger partial charge in [-0.1, -0.05) is 12.6 Å². The summed E-state index contributed by atoms with van der Waals surface area (Å²) in [7, 11) is 3.33. The molecule has 2 rings (SSSR count). The molecule has 0 aliphatic rings. The first-order chi connectivity index (χ1) is 13.4. The minimum absolute atomic E-state index is 0.400. The number of methoxy groups -OCH3 is 1. The molecular formula is C21H26N4O3. The van der Waals surface area contributed by atoms with Gasteiger partial charge in [-0.25, -0.2) is 4.79 Å². The molecule has 0 radical (unpaired) electrons. The second-order valence-electron chi connectivity index (χ2n) is 6.22. The van der Waals surface area contributed by atoms with E-state index in [2.05, 4.69) is 27.2 Å². The highest BCUT2D eigenvalue weighted by Gasteiger charge is 2.19. The number of rotatable bonds is 7. The van der Waals surface area contributed by atoms with E-state index >= 15 is 0 Å². The van der Waals surface area contributed by atoms with Crippen molar-refractivity contribution in [2.75, 3.05) is 19.5 Å². The van der Waals surface area contributed by atoms with Gasteiger partial charge in [0.2, 0.25) is 0 Å². The number of carbonyl (C=O) groups excluding carboxylic acids is 1. The molecule has 0 spiro atoms. The Labute approximate surface area is 165 Å². The lowest BCUT2D eigenvalue weighted by atomic mass is 10.1. The van der Waals surface area contributed by atoms with E-state index in [0.717, 1.165) is 16.9 Å². The van der Waals surface area contributed by atoms with Crippen molar-refractivity contribution in [3.8, 4) is 0 Å². The Hall–Kier alpha value is -3.35. The third kappa shape index (κ3) is 5.09. The summed E-state index contributed by atoms with van der Waals surface area (Å²) in [4.78, 5) is 21.1. The van der Waals surface area contributed by atoms with Crippen LogP contribution in [-0.4, -0.2) is 30.2 Å². The van der Waals surface area contributed by atoms with Crippen LogP contribution in [0.15, 0.2) is 54.5 Å². The van der Waals surface area contributed by atoms with Crippen LogP contribution in [0, 0.1) is 6.92 Å². The van der Waals surface area contributed by atoms with Crippen molar-refractivity contribution in [2.24, 2.45) is 0 Å². The van der Waals surface area contributed by atoms with Gasteiger partial charge < -0.3 is 14.8 Å². The average Bonchev–Trinajstić information content (AvgIpc) is 2.68. The van der Waals surface area contributed by atoms with E-state index in [1.165, 1.54) is 7.11 Å². The molecule has 7 heteroatoms. The van der Waals surface area contributed by atoms with E-state index in [4.69, 9.17) is 9.47 Å². The molecule has 148 valence electrons. The molecule has 1 amide bonds. The number of carbonyl (C=O) groups is 1. The van der Waals surface area contributed by atoms with Crippen LogP contribution >= 0.6 is 0 Å². The minimum Gasteiger partial charge on any atom is -0.492 e. The first-order valence-electron chi connectivity index (χ1n) is 8.84. The molecule has 2 heterocycles. The highest BCUT2D eigenvalue weighted by Crippen LogP contribution is 2.23. The highest BCUT2D eigenvalue weighted by molar-refractivity contribution is 5.76. The summed E-state index contributed by atoms with van der Waals surface area (Å²) in [6, 6.07) is 7.34. The molecule has 2 aromatic rings. The summed E-state index contributed by atoms with van der Waals surface area (Å²) in [5.74, 6) is 0.400. The summed E-state index contributed by atoms with van der Waals surface area (Å²) in [6.45, 7) is 9.36. The number of hydrogen-bond donors (Lipinski definition) is 2. The third-order valence-electron chi connectivity index (χ3n) is 4.14. The SMILES string of the molecule is C=C(C)/C(NC(=O)O[C@H](C)c1cccnc1C)=C(\OC)c1ccc(NC)cn1. The lowest BCUT2D eigenvalue weighted by Crippen LogP contribution is -2.27. The molecule has 28 heavy (non-hydrogen) atoms. The minimum atomic E-state index is -0.616. The smallest absolute Gasteiger partial charge is 0.412 e. The second-order valence-corrected chi connectivity index (χ2v) is 6.22. The van der Waals surface area contributed by atoms with Crippen molar-refractivity contribution in [1.29, 1.82) is 0 Å².